The third-order valence-electron chi connectivity index (χ3n) is 3.59. The largest absolute Gasteiger partial charge is 0.381 e. The molecule has 1 aliphatic heterocycles. The monoisotopic (exact) mass is 249 g/mol. The molecule has 0 aromatic carbocycles. The summed E-state index contributed by atoms with van der Waals surface area (Å²) in [6, 6.07) is 4.73. The van der Waals surface area contributed by atoms with E-state index in [2.05, 4.69) is 34.4 Å². The van der Waals surface area contributed by atoms with Crippen LogP contribution in [0.4, 0.5) is 0 Å². The maximum atomic E-state index is 5.59. The quantitative estimate of drug-likeness (QED) is 0.849. The van der Waals surface area contributed by atoms with Gasteiger partial charge in [0.2, 0.25) is 0 Å². The van der Waals surface area contributed by atoms with E-state index in [4.69, 9.17) is 4.74 Å². The van der Waals surface area contributed by atoms with Crippen LogP contribution in [0.3, 0.4) is 0 Å². The Kier molecular flexibility index (Phi) is 5.11. The fraction of sp³-hybridized carbons (Fsp3) is 0.643. The minimum atomic E-state index is 0.579. The van der Waals surface area contributed by atoms with Crippen molar-refractivity contribution in [1.29, 1.82) is 0 Å². The molecule has 2 atom stereocenters. The number of hydrogen-bond acceptors (Lipinski definition) is 4. The number of rotatable bonds is 5. The second kappa shape index (κ2) is 6.83. The summed E-state index contributed by atoms with van der Waals surface area (Å²) in [6.07, 6.45) is 4.82. The highest BCUT2D eigenvalue weighted by Crippen LogP contribution is 2.16. The van der Waals surface area contributed by atoms with E-state index >= 15 is 0 Å². The van der Waals surface area contributed by atoms with Crippen LogP contribution in [0.2, 0.25) is 0 Å². The second-order valence-corrected chi connectivity index (χ2v) is 5.07. The van der Waals surface area contributed by atoms with Gasteiger partial charge in [-0.1, -0.05) is 0 Å². The smallest absolute Gasteiger partial charge is 0.0521 e. The molecule has 1 aliphatic rings. The summed E-state index contributed by atoms with van der Waals surface area (Å²) in [5.74, 6) is 0.579. The van der Waals surface area contributed by atoms with Crippen molar-refractivity contribution in [3.05, 3.63) is 30.1 Å². The van der Waals surface area contributed by atoms with Crippen LogP contribution in [0.1, 0.15) is 12.0 Å². The first kappa shape index (κ1) is 13.5. The van der Waals surface area contributed by atoms with Crippen LogP contribution in [0.15, 0.2) is 24.5 Å². The predicted molar refractivity (Wildman–Crippen MR) is 72.3 cm³/mol. The van der Waals surface area contributed by atoms with E-state index in [0.29, 0.717) is 12.0 Å². The Labute approximate surface area is 109 Å². The summed E-state index contributed by atoms with van der Waals surface area (Å²) in [5.41, 5.74) is 1.31. The van der Waals surface area contributed by atoms with Crippen molar-refractivity contribution in [1.82, 2.24) is 15.2 Å². The molecule has 1 fully saturated rings. The third kappa shape index (κ3) is 3.77. The molecular formula is C14H23N3O. The number of hydrogen-bond donors (Lipinski definition) is 1. The Morgan fingerprint density at radius 1 is 1.44 bits per heavy atom. The van der Waals surface area contributed by atoms with Crippen molar-refractivity contribution < 1.29 is 4.74 Å². The van der Waals surface area contributed by atoms with Gasteiger partial charge in [-0.15, -0.1) is 0 Å². The van der Waals surface area contributed by atoms with Crippen molar-refractivity contribution in [2.45, 2.75) is 19.0 Å². The molecule has 0 amide bonds. The molecule has 0 aliphatic carbocycles. The van der Waals surface area contributed by atoms with E-state index in [9.17, 15) is 0 Å². The maximum absolute atomic E-state index is 5.59. The van der Waals surface area contributed by atoms with Crippen LogP contribution in [-0.4, -0.2) is 49.8 Å². The summed E-state index contributed by atoms with van der Waals surface area (Å²) in [6.45, 7) is 3.78. The van der Waals surface area contributed by atoms with Crippen molar-refractivity contribution in [2.75, 3.05) is 33.9 Å². The summed E-state index contributed by atoms with van der Waals surface area (Å²) in [7, 11) is 4.22. The van der Waals surface area contributed by atoms with Gasteiger partial charge in [0.1, 0.15) is 0 Å². The van der Waals surface area contributed by atoms with Gasteiger partial charge in [-0.3, -0.25) is 4.98 Å². The van der Waals surface area contributed by atoms with E-state index in [1.807, 2.05) is 19.4 Å². The minimum absolute atomic E-state index is 0.579. The predicted octanol–water partition coefficient (Wildman–Crippen LogP) is 1.14. The molecule has 4 heteroatoms. The molecule has 1 saturated heterocycles. The SMILES string of the molecule is CNC1CCOCC1CN(C)Cc1ccncc1. The molecule has 2 unspecified atom stereocenters. The second-order valence-electron chi connectivity index (χ2n) is 5.07. The van der Waals surface area contributed by atoms with Crippen LogP contribution in [-0.2, 0) is 11.3 Å². The van der Waals surface area contributed by atoms with E-state index in [-0.39, 0.29) is 0 Å². The van der Waals surface area contributed by atoms with Gasteiger partial charge < -0.3 is 15.0 Å². The van der Waals surface area contributed by atoms with Crippen LogP contribution >= 0.6 is 0 Å². The van der Waals surface area contributed by atoms with Gasteiger partial charge in [0.15, 0.2) is 0 Å². The summed E-state index contributed by atoms with van der Waals surface area (Å²) in [4.78, 5) is 6.41. The number of aromatic nitrogens is 1. The molecule has 2 rings (SSSR count). The Morgan fingerprint density at radius 3 is 2.94 bits per heavy atom. The first-order valence-electron chi connectivity index (χ1n) is 6.62. The Morgan fingerprint density at radius 2 is 2.22 bits per heavy atom. The van der Waals surface area contributed by atoms with Crippen molar-refractivity contribution >= 4 is 0 Å². The van der Waals surface area contributed by atoms with Crippen LogP contribution in [0.25, 0.3) is 0 Å². The summed E-state index contributed by atoms with van der Waals surface area (Å²) >= 11 is 0. The lowest BCUT2D eigenvalue weighted by Gasteiger charge is -2.34. The molecule has 1 aromatic heterocycles. The first-order valence-corrected chi connectivity index (χ1v) is 6.62. The number of nitrogens with zero attached hydrogens (tertiary/aromatic N) is 2. The molecule has 1 N–H and O–H groups in total. The first-order chi connectivity index (χ1) is 8.79. The Bertz CT molecular complexity index is 344. The van der Waals surface area contributed by atoms with Gasteiger partial charge in [0, 0.05) is 44.0 Å². The van der Waals surface area contributed by atoms with Gasteiger partial charge in [0.05, 0.1) is 6.61 Å². The average molecular weight is 249 g/mol. The van der Waals surface area contributed by atoms with E-state index in [0.717, 1.165) is 32.7 Å². The van der Waals surface area contributed by atoms with Crippen molar-refractivity contribution in [3.8, 4) is 0 Å². The molecule has 2 heterocycles. The molecule has 4 nitrogen and oxygen atoms in total. The standard InChI is InChI=1S/C14H23N3O/c1-15-14-5-8-18-11-13(14)10-17(2)9-12-3-6-16-7-4-12/h3-4,6-7,13-15H,5,8-11H2,1-2H3. The lowest BCUT2D eigenvalue weighted by molar-refractivity contribution is 0.0208. The zero-order valence-electron chi connectivity index (χ0n) is 11.3. The molecule has 100 valence electrons. The highest BCUT2D eigenvalue weighted by atomic mass is 16.5. The van der Waals surface area contributed by atoms with E-state index in [1.54, 1.807) is 0 Å². The van der Waals surface area contributed by atoms with Gasteiger partial charge in [-0.05, 0) is 38.2 Å². The average Bonchev–Trinajstić information content (AvgIpc) is 2.40. The highest BCUT2D eigenvalue weighted by Gasteiger charge is 2.25. The molecule has 0 bridgehead atoms. The van der Waals surface area contributed by atoms with Crippen molar-refractivity contribution in [3.63, 3.8) is 0 Å². The van der Waals surface area contributed by atoms with Gasteiger partial charge in [-0.2, -0.15) is 0 Å². The Hall–Kier alpha value is -0.970. The minimum Gasteiger partial charge on any atom is -0.381 e. The van der Waals surface area contributed by atoms with E-state index < -0.39 is 0 Å². The topological polar surface area (TPSA) is 37.4 Å². The number of nitrogens with one attached hydrogen (secondary N) is 1. The normalized spacial score (nSPS) is 24.4. The summed E-state index contributed by atoms with van der Waals surface area (Å²) < 4.78 is 5.59. The highest BCUT2D eigenvalue weighted by molar-refractivity contribution is 5.09. The van der Waals surface area contributed by atoms with Gasteiger partial charge in [0.25, 0.3) is 0 Å². The van der Waals surface area contributed by atoms with Crippen LogP contribution < -0.4 is 5.32 Å². The molecule has 0 saturated carbocycles. The zero-order chi connectivity index (χ0) is 12.8. The fourth-order valence-electron chi connectivity index (χ4n) is 2.62. The fourth-order valence-corrected chi connectivity index (χ4v) is 2.62. The van der Waals surface area contributed by atoms with E-state index in [1.165, 1.54) is 5.56 Å². The lowest BCUT2D eigenvalue weighted by Crippen LogP contribution is -2.45. The number of ether oxygens (including phenoxy) is 1. The Balaban J connectivity index is 1.84. The van der Waals surface area contributed by atoms with Gasteiger partial charge in [-0.25, -0.2) is 0 Å². The van der Waals surface area contributed by atoms with Crippen LogP contribution in [0.5, 0.6) is 0 Å². The lowest BCUT2D eigenvalue weighted by atomic mass is 9.95. The van der Waals surface area contributed by atoms with Crippen LogP contribution in [0, 0.1) is 5.92 Å². The number of pyridine rings is 1. The zero-order valence-corrected chi connectivity index (χ0v) is 11.3. The maximum Gasteiger partial charge on any atom is 0.0521 e. The summed E-state index contributed by atoms with van der Waals surface area (Å²) in [5, 5.41) is 3.41. The molecule has 1 aromatic rings. The molecular weight excluding hydrogens is 226 g/mol. The van der Waals surface area contributed by atoms with Crippen molar-refractivity contribution in [2.24, 2.45) is 5.92 Å². The molecule has 18 heavy (non-hydrogen) atoms. The molecule has 0 spiro atoms. The van der Waals surface area contributed by atoms with Gasteiger partial charge >= 0.3 is 0 Å². The third-order valence-corrected chi connectivity index (χ3v) is 3.59. The molecule has 0 radical (unpaired) electrons.